The molecular formula is C32H37ClN6O4. The zero-order chi connectivity index (χ0) is 30.2. The molecule has 43 heavy (non-hydrogen) atoms. The maximum absolute atomic E-state index is 13.1. The number of methoxy groups -OCH3 is 1. The molecule has 10 nitrogen and oxygen atoms in total. The first-order valence-electron chi connectivity index (χ1n) is 14.6. The summed E-state index contributed by atoms with van der Waals surface area (Å²) in [5, 5.41) is 6.85. The maximum Gasteiger partial charge on any atom is 0.229 e. The molecule has 0 unspecified atom stereocenters. The number of nitrogens with one attached hydrogen (secondary N) is 2. The predicted molar refractivity (Wildman–Crippen MR) is 169 cm³/mol. The summed E-state index contributed by atoms with van der Waals surface area (Å²) in [7, 11) is 1.63. The van der Waals surface area contributed by atoms with Gasteiger partial charge in [-0.2, -0.15) is 4.98 Å². The van der Waals surface area contributed by atoms with Crippen molar-refractivity contribution >= 4 is 52.1 Å². The van der Waals surface area contributed by atoms with Crippen LogP contribution in [0.4, 0.5) is 28.8 Å². The summed E-state index contributed by atoms with van der Waals surface area (Å²) in [6.07, 6.45) is 5.87. The van der Waals surface area contributed by atoms with Gasteiger partial charge in [-0.05, 0) is 49.1 Å². The second kappa shape index (κ2) is 14.5. The average molecular weight is 605 g/mol. The maximum atomic E-state index is 13.1. The van der Waals surface area contributed by atoms with Crippen LogP contribution >= 0.6 is 11.6 Å². The molecule has 226 valence electrons. The molecule has 0 spiro atoms. The summed E-state index contributed by atoms with van der Waals surface area (Å²) in [6.45, 7) is 8.52. The Morgan fingerprint density at radius 3 is 2.72 bits per heavy atom. The van der Waals surface area contributed by atoms with Gasteiger partial charge in [-0.25, -0.2) is 4.98 Å². The standard InChI is InChI=1S/C32H37ClN6O4/c1-3-23(40)20-22-8-4-5-10-26(22)35-31-25(33)21-34-32(37-31)36-27-12-13-28-24(30(27)42-2)9-6-11-29(41)39(28)15-7-14-38-16-18-43-19-17-38/h3-5,8,10,12-13,21H,1,6-7,9,11,14-20H2,2H3,(H2,34,35,36,37). The molecular weight excluding hydrogens is 568 g/mol. The van der Waals surface area contributed by atoms with Crippen molar-refractivity contribution in [2.75, 3.05) is 62.0 Å². The number of benzene rings is 2. The highest BCUT2D eigenvalue weighted by Gasteiger charge is 2.26. The molecule has 0 aliphatic carbocycles. The molecule has 5 rings (SSSR count). The molecule has 1 aromatic heterocycles. The number of nitrogens with zero attached hydrogens (tertiary/aromatic N) is 4. The Morgan fingerprint density at radius 2 is 1.93 bits per heavy atom. The zero-order valence-electron chi connectivity index (χ0n) is 24.4. The van der Waals surface area contributed by atoms with Gasteiger partial charge in [-0.15, -0.1) is 0 Å². The van der Waals surface area contributed by atoms with Crippen LogP contribution in [0.1, 0.15) is 30.4 Å². The summed E-state index contributed by atoms with van der Waals surface area (Å²) >= 11 is 6.46. The van der Waals surface area contributed by atoms with Crippen LogP contribution in [0.2, 0.25) is 5.02 Å². The van der Waals surface area contributed by atoms with Crippen LogP contribution < -0.4 is 20.3 Å². The van der Waals surface area contributed by atoms with Crippen molar-refractivity contribution in [2.24, 2.45) is 0 Å². The van der Waals surface area contributed by atoms with E-state index in [1.165, 1.54) is 12.3 Å². The molecule has 2 N–H and O–H groups in total. The lowest BCUT2D eigenvalue weighted by atomic mass is 10.0. The van der Waals surface area contributed by atoms with E-state index in [1.807, 2.05) is 41.3 Å². The van der Waals surface area contributed by atoms with Gasteiger partial charge in [-0.1, -0.05) is 36.4 Å². The van der Waals surface area contributed by atoms with Crippen LogP contribution in [-0.2, 0) is 27.2 Å². The van der Waals surface area contributed by atoms with Crippen molar-refractivity contribution < 1.29 is 19.1 Å². The van der Waals surface area contributed by atoms with Gasteiger partial charge >= 0.3 is 0 Å². The smallest absolute Gasteiger partial charge is 0.229 e. The fourth-order valence-corrected chi connectivity index (χ4v) is 5.61. The van der Waals surface area contributed by atoms with Crippen molar-refractivity contribution in [3.63, 3.8) is 0 Å². The molecule has 0 radical (unpaired) electrons. The first kappa shape index (κ1) is 30.5. The monoisotopic (exact) mass is 604 g/mol. The summed E-state index contributed by atoms with van der Waals surface area (Å²) in [4.78, 5) is 38.4. The van der Waals surface area contributed by atoms with Gasteiger partial charge in [0.1, 0.15) is 10.8 Å². The summed E-state index contributed by atoms with van der Waals surface area (Å²) < 4.78 is 11.4. The number of hydrogen-bond donors (Lipinski definition) is 2. The Bertz CT molecular complexity index is 1480. The molecule has 2 aliphatic heterocycles. The van der Waals surface area contributed by atoms with Gasteiger partial charge in [0.2, 0.25) is 11.9 Å². The first-order valence-corrected chi connectivity index (χ1v) is 14.9. The Hall–Kier alpha value is -3.99. The number of carbonyl (C=O) groups excluding carboxylic acids is 2. The van der Waals surface area contributed by atoms with E-state index in [9.17, 15) is 9.59 Å². The third-order valence-corrected chi connectivity index (χ3v) is 7.94. The molecule has 1 amide bonds. The van der Waals surface area contributed by atoms with Gasteiger partial charge in [0.15, 0.2) is 11.6 Å². The molecule has 3 heterocycles. The Labute approximate surface area is 257 Å². The average Bonchev–Trinajstić information content (AvgIpc) is 3.18. The fourth-order valence-electron chi connectivity index (χ4n) is 5.47. The van der Waals surface area contributed by atoms with Crippen LogP contribution in [0, 0.1) is 0 Å². The number of halogens is 1. The molecule has 1 fully saturated rings. The van der Waals surface area contributed by atoms with Crippen molar-refractivity contribution in [1.29, 1.82) is 0 Å². The Balaban J connectivity index is 1.36. The van der Waals surface area contributed by atoms with E-state index in [0.29, 0.717) is 53.3 Å². The minimum absolute atomic E-state index is 0.0851. The van der Waals surface area contributed by atoms with E-state index in [-0.39, 0.29) is 18.1 Å². The highest BCUT2D eigenvalue weighted by molar-refractivity contribution is 6.33. The molecule has 1 saturated heterocycles. The number of anilines is 5. The molecule has 0 atom stereocenters. The van der Waals surface area contributed by atoms with Crippen molar-refractivity contribution in [2.45, 2.75) is 32.1 Å². The van der Waals surface area contributed by atoms with Crippen molar-refractivity contribution in [3.05, 3.63) is 71.4 Å². The van der Waals surface area contributed by atoms with E-state index in [1.54, 1.807) is 7.11 Å². The van der Waals surface area contributed by atoms with E-state index in [4.69, 9.17) is 21.1 Å². The van der Waals surface area contributed by atoms with E-state index >= 15 is 0 Å². The highest BCUT2D eigenvalue weighted by Crippen LogP contribution is 2.40. The number of hydrogen-bond acceptors (Lipinski definition) is 9. The van der Waals surface area contributed by atoms with Gasteiger partial charge < -0.3 is 25.0 Å². The van der Waals surface area contributed by atoms with E-state index in [2.05, 4.69) is 32.1 Å². The predicted octanol–water partition coefficient (Wildman–Crippen LogP) is 5.32. The topological polar surface area (TPSA) is 109 Å². The Morgan fingerprint density at radius 1 is 1.12 bits per heavy atom. The van der Waals surface area contributed by atoms with Crippen LogP contribution in [0.3, 0.4) is 0 Å². The zero-order valence-corrected chi connectivity index (χ0v) is 25.2. The molecule has 2 aromatic carbocycles. The molecule has 0 saturated carbocycles. The molecule has 11 heteroatoms. The van der Waals surface area contributed by atoms with Gasteiger partial charge in [-0.3, -0.25) is 14.5 Å². The second-order valence-electron chi connectivity index (χ2n) is 10.5. The quantitative estimate of drug-likeness (QED) is 0.266. The Kier molecular flexibility index (Phi) is 10.2. The van der Waals surface area contributed by atoms with Crippen molar-refractivity contribution in [3.8, 4) is 5.75 Å². The van der Waals surface area contributed by atoms with E-state index < -0.39 is 0 Å². The SMILES string of the molecule is C=CC(=O)Cc1ccccc1Nc1nc(Nc2ccc3c(c2OC)CCCC(=O)N3CCCN2CCOCC2)ncc1Cl. The van der Waals surface area contributed by atoms with Gasteiger partial charge in [0.05, 0.1) is 37.9 Å². The first-order chi connectivity index (χ1) is 21.0. The lowest BCUT2D eigenvalue weighted by Crippen LogP contribution is -2.39. The molecule has 2 aliphatic rings. The summed E-state index contributed by atoms with van der Waals surface area (Å²) in [6, 6.07) is 11.3. The highest BCUT2D eigenvalue weighted by atomic mass is 35.5. The molecule has 3 aromatic rings. The minimum atomic E-state index is -0.0851. The fraction of sp³-hybridized carbons (Fsp3) is 0.375. The number of amides is 1. The number of para-hydroxylation sites is 1. The number of rotatable bonds is 12. The number of fused-ring (bicyclic) bond motifs is 1. The van der Waals surface area contributed by atoms with Crippen LogP contribution in [0.15, 0.2) is 55.3 Å². The van der Waals surface area contributed by atoms with Gasteiger partial charge in [0, 0.05) is 50.3 Å². The van der Waals surface area contributed by atoms with Crippen molar-refractivity contribution in [1.82, 2.24) is 14.9 Å². The number of aromatic nitrogens is 2. The molecule has 0 bridgehead atoms. The third kappa shape index (κ3) is 7.51. The number of allylic oxidation sites excluding steroid dienone is 1. The van der Waals surface area contributed by atoms with E-state index in [0.717, 1.165) is 62.5 Å². The van der Waals surface area contributed by atoms with Crippen LogP contribution in [-0.4, -0.2) is 73.1 Å². The normalized spacial score (nSPS) is 15.4. The van der Waals surface area contributed by atoms with Crippen LogP contribution in [0.25, 0.3) is 0 Å². The number of ketones is 1. The lowest BCUT2D eigenvalue weighted by molar-refractivity contribution is -0.118. The summed E-state index contributed by atoms with van der Waals surface area (Å²) in [5.74, 6) is 1.42. The number of carbonyl (C=O) groups is 2. The number of ether oxygens (including phenoxy) is 2. The second-order valence-corrected chi connectivity index (χ2v) is 10.9. The lowest BCUT2D eigenvalue weighted by Gasteiger charge is -2.29. The van der Waals surface area contributed by atoms with Gasteiger partial charge in [0.25, 0.3) is 0 Å². The summed E-state index contributed by atoms with van der Waals surface area (Å²) in [5.41, 5.74) is 4.07. The third-order valence-electron chi connectivity index (χ3n) is 7.66. The minimum Gasteiger partial charge on any atom is -0.494 e. The largest absolute Gasteiger partial charge is 0.494 e. The number of morpholine rings is 1. The van der Waals surface area contributed by atoms with Crippen LogP contribution in [0.5, 0.6) is 5.75 Å².